The van der Waals surface area contributed by atoms with Crippen molar-refractivity contribution < 1.29 is 18.4 Å². The van der Waals surface area contributed by atoms with E-state index < -0.39 is 23.4 Å². The van der Waals surface area contributed by atoms with Crippen LogP contribution < -0.4 is 10.6 Å². The van der Waals surface area contributed by atoms with E-state index in [4.69, 9.17) is 0 Å². The van der Waals surface area contributed by atoms with Crippen molar-refractivity contribution in [1.82, 2.24) is 5.32 Å². The number of amides is 2. The fraction of sp³-hybridized carbons (Fsp3) is 0.600. The molecule has 1 aromatic carbocycles. The molecule has 0 heterocycles. The molecule has 0 saturated heterocycles. The third kappa shape index (κ3) is 3.10. The van der Waals surface area contributed by atoms with Crippen LogP contribution in [0.1, 0.15) is 45.4 Å². The van der Waals surface area contributed by atoms with E-state index in [-0.39, 0.29) is 17.1 Å². The number of hydrogen-bond acceptors (Lipinski definition) is 2. The average Bonchev–Trinajstić information content (AvgIpc) is 2.56. The van der Waals surface area contributed by atoms with Crippen LogP contribution in [0.3, 0.4) is 0 Å². The van der Waals surface area contributed by atoms with E-state index in [1.807, 2.05) is 6.92 Å². The highest BCUT2D eigenvalue weighted by atomic mass is 19.1. The Morgan fingerprint density at radius 1 is 1.04 bits per heavy atom. The smallest absolute Gasteiger partial charge is 0.313 e. The number of carbonyl (C=O) groups excluding carboxylic acids is 2. The van der Waals surface area contributed by atoms with Gasteiger partial charge < -0.3 is 10.6 Å². The Kier molecular flexibility index (Phi) is 4.24. The SMILES string of the molecule is CC(NC(=O)C(=O)Nc1cc(F)ccc1F)C12CC3CC(CC(C3)C1)C2. The second kappa shape index (κ2) is 6.32. The van der Waals surface area contributed by atoms with Gasteiger partial charge in [0.1, 0.15) is 11.6 Å². The summed E-state index contributed by atoms with van der Waals surface area (Å²) in [6.07, 6.45) is 7.25. The normalized spacial score (nSPS) is 33.0. The maximum atomic E-state index is 13.6. The molecule has 0 radical (unpaired) electrons. The average molecular weight is 362 g/mol. The van der Waals surface area contributed by atoms with Crippen molar-refractivity contribution in [3.05, 3.63) is 29.8 Å². The van der Waals surface area contributed by atoms with E-state index in [1.54, 1.807) is 0 Å². The molecule has 4 aliphatic rings. The van der Waals surface area contributed by atoms with Gasteiger partial charge in [-0.2, -0.15) is 0 Å². The lowest BCUT2D eigenvalue weighted by Crippen LogP contribution is -2.57. The second-order valence-corrected chi connectivity index (χ2v) is 8.55. The van der Waals surface area contributed by atoms with Crippen LogP contribution in [0.25, 0.3) is 0 Å². The zero-order valence-corrected chi connectivity index (χ0v) is 14.9. The van der Waals surface area contributed by atoms with Crippen molar-refractivity contribution in [2.45, 2.75) is 51.5 Å². The van der Waals surface area contributed by atoms with Crippen LogP contribution in [0.15, 0.2) is 18.2 Å². The third-order valence-electron chi connectivity index (χ3n) is 6.73. The Morgan fingerprint density at radius 2 is 1.62 bits per heavy atom. The van der Waals surface area contributed by atoms with Crippen LogP contribution in [-0.2, 0) is 9.59 Å². The number of carbonyl (C=O) groups is 2. The third-order valence-corrected chi connectivity index (χ3v) is 6.73. The zero-order valence-electron chi connectivity index (χ0n) is 14.9. The summed E-state index contributed by atoms with van der Waals surface area (Å²) in [5.74, 6) is -0.976. The highest BCUT2D eigenvalue weighted by molar-refractivity contribution is 6.39. The number of rotatable bonds is 3. The maximum absolute atomic E-state index is 13.6. The number of hydrogen-bond donors (Lipinski definition) is 2. The van der Waals surface area contributed by atoms with Crippen LogP contribution in [0.5, 0.6) is 0 Å². The molecular weight excluding hydrogens is 338 g/mol. The van der Waals surface area contributed by atoms with Gasteiger partial charge in [0.2, 0.25) is 0 Å². The Morgan fingerprint density at radius 3 is 2.19 bits per heavy atom. The summed E-state index contributed by atoms with van der Waals surface area (Å²) < 4.78 is 26.9. The number of halogens is 2. The molecule has 1 atom stereocenters. The van der Waals surface area contributed by atoms with Gasteiger partial charge in [-0.1, -0.05) is 0 Å². The molecule has 6 heteroatoms. The molecule has 4 aliphatic carbocycles. The minimum absolute atomic E-state index is 0.0782. The van der Waals surface area contributed by atoms with Crippen LogP contribution in [0, 0.1) is 34.8 Å². The maximum Gasteiger partial charge on any atom is 0.313 e. The van der Waals surface area contributed by atoms with E-state index in [0.717, 1.165) is 55.2 Å². The zero-order chi connectivity index (χ0) is 18.5. The van der Waals surface area contributed by atoms with Gasteiger partial charge in [-0.25, -0.2) is 8.78 Å². The van der Waals surface area contributed by atoms with Gasteiger partial charge >= 0.3 is 11.8 Å². The molecule has 1 unspecified atom stereocenters. The summed E-state index contributed by atoms with van der Waals surface area (Å²) in [5.41, 5.74) is -0.248. The first-order valence-corrected chi connectivity index (χ1v) is 9.41. The van der Waals surface area contributed by atoms with Crippen molar-refractivity contribution in [1.29, 1.82) is 0 Å². The molecule has 4 fully saturated rings. The first-order chi connectivity index (χ1) is 12.3. The topological polar surface area (TPSA) is 58.2 Å². The predicted octanol–water partition coefficient (Wildman–Crippen LogP) is 3.62. The monoisotopic (exact) mass is 362 g/mol. The molecule has 1 aromatic rings. The van der Waals surface area contributed by atoms with Crippen LogP contribution in [0.4, 0.5) is 14.5 Å². The largest absolute Gasteiger partial charge is 0.345 e. The van der Waals surface area contributed by atoms with Crippen LogP contribution in [-0.4, -0.2) is 17.9 Å². The molecule has 26 heavy (non-hydrogen) atoms. The molecule has 2 N–H and O–H groups in total. The van der Waals surface area contributed by atoms with E-state index in [1.165, 1.54) is 19.3 Å². The molecule has 2 amide bonds. The van der Waals surface area contributed by atoms with E-state index >= 15 is 0 Å². The first-order valence-electron chi connectivity index (χ1n) is 9.41. The lowest BCUT2D eigenvalue weighted by molar-refractivity contribution is -0.138. The Hall–Kier alpha value is -1.98. The van der Waals surface area contributed by atoms with Gasteiger partial charge in [-0.3, -0.25) is 9.59 Å². The molecule has 4 bridgehead atoms. The lowest BCUT2D eigenvalue weighted by Gasteiger charge is -2.59. The van der Waals surface area contributed by atoms with Crippen molar-refractivity contribution in [3.8, 4) is 0 Å². The van der Waals surface area contributed by atoms with Crippen LogP contribution in [0.2, 0.25) is 0 Å². The Bertz CT molecular complexity index is 714. The van der Waals surface area contributed by atoms with Gasteiger partial charge in [-0.05, 0) is 80.8 Å². The standard InChI is InChI=1S/C20H24F2N2O2/c1-11(20-8-12-4-13(9-20)6-14(5-12)10-20)23-18(25)19(26)24-17-7-15(21)2-3-16(17)22/h2-3,7,11-14H,4-6,8-10H2,1H3,(H,23,25)(H,24,26). The summed E-state index contributed by atoms with van der Waals surface area (Å²) in [7, 11) is 0. The van der Waals surface area contributed by atoms with Crippen LogP contribution >= 0.6 is 0 Å². The van der Waals surface area contributed by atoms with Crippen molar-refractivity contribution in [3.63, 3.8) is 0 Å². The summed E-state index contributed by atoms with van der Waals surface area (Å²) in [6, 6.07) is 2.64. The molecule has 4 saturated carbocycles. The van der Waals surface area contributed by atoms with E-state index in [9.17, 15) is 18.4 Å². The summed E-state index contributed by atoms with van der Waals surface area (Å²) in [4.78, 5) is 24.4. The highest BCUT2D eigenvalue weighted by Gasteiger charge is 2.53. The quantitative estimate of drug-likeness (QED) is 0.807. The van der Waals surface area contributed by atoms with E-state index in [0.29, 0.717) is 0 Å². The number of benzene rings is 1. The van der Waals surface area contributed by atoms with Crippen molar-refractivity contribution >= 4 is 17.5 Å². The predicted molar refractivity (Wildman–Crippen MR) is 93.2 cm³/mol. The lowest BCUT2D eigenvalue weighted by atomic mass is 9.48. The minimum Gasteiger partial charge on any atom is -0.345 e. The highest BCUT2D eigenvalue weighted by Crippen LogP contribution is 2.61. The van der Waals surface area contributed by atoms with Gasteiger partial charge in [0.25, 0.3) is 0 Å². The second-order valence-electron chi connectivity index (χ2n) is 8.55. The molecule has 140 valence electrons. The first kappa shape index (κ1) is 17.4. The van der Waals surface area contributed by atoms with E-state index in [2.05, 4.69) is 10.6 Å². The molecule has 4 nitrogen and oxygen atoms in total. The minimum atomic E-state index is -0.967. The molecule has 5 rings (SSSR count). The molecule has 0 aliphatic heterocycles. The molecule has 0 spiro atoms. The van der Waals surface area contributed by atoms with Gasteiger partial charge in [0.15, 0.2) is 0 Å². The molecular formula is C20H24F2N2O2. The number of nitrogens with one attached hydrogen (secondary N) is 2. The fourth-order valence-electron chi connectivity index (χ4n) is 5.90. The Labute approximate surface area is 151 Å². The fourth-order valence-corrected chi connectivity index (χ4v) is 5.90. The van der Waals surface area contributed by atoms with Gasteiger partial charge in [-0.15, -0.1) is 0 Å². The summed E-state index contributed by atoms with van der Waals surface area (Å²) >= 11 is 0. The number of anilines is 1. The van der Waals surface area contributed by atoms with Crippen molar-refractivity contribution in [2.75, 3.05) is 5.32 Å². The molecule has 0 aromatic heterocycles. The van der Waals surface area contributed by atoms with Gasteiger partial charge in [0.05, 0.1) is 5.69 Å². The van der Waals surface area contributed by atoms with Gasteiger partial charge in [0, 0.05) is 12.1 Å². The summed E-state index contributed by atoms with van der Waals surface area (Å²) in [6.45, 7) is 1.97. The summed E-state index contributed by atoms with van der Waals surface area (Å²) in [5, 5.41) is 4.99. The Balaban J connectivity index is 1.41. The van der Waals surface area contributed by atoms with Crippen molar-refractivity contribution in [2.24, 2.45) is 23.2 Å².